The van der Waals surface area contributed by atoms with Crippen LogP contribution in [0.5, 0.6) is 0 Å². The molecule has 0 amide bonds. The SMILES string of the molecule is CC1(C)C(=CC2=C(O)C(=C(C#N)C#N)C2=C(C#N)C#N)Nc2ccc(S(=O)(=O)O)cc21. The van der Waals surface area contributed by atoms with Gasteiger partial charge in [0.25, 0.3) is 10.1 Å². The predicted molar refractivity (Wildman–Crippen MR) is 107 cm³/mol. The third-order valence-electron chi connectivity index (χ3n) is 5.15. The highest BCUT2D eigenvalue weighted by Gasteiger charge is 2.40. The van der Waals surface area contributed by atoms with Gasteiger partial charge in [0.05, 0.1) is 10.5 Å². The Morgan fingerprint density at radius 2 is 1.58 bits per heavy atom. The third-order valence-corrected chi connectivity index (χ3v) is 6.00. The molecule has 0 saturated heterocycles. The van der Waals surface area contributed by atoms with Crippen molar-refractivity contribution in [2.75, 3.05) is 5.32 Å². The highest BCUT2D eigenvalue weighted by atomic mass is 32.2. The van der Waals surface area contributed by atoms with E-state index in [2.05, 4.69) is 5.32 Å². The number of allylic oxidation sites excluding steroid dienone is 6. The van der Waals surface area contributed by atoms with Crippen LogP contribution in [0, 0.1) is 45.3 Å². The van der Waals surface area contributed by atoms with Crippen molar-refractivity contribution in [1.82, 2.24) is 0 Å². The second-order valence-corrected chi connectivity index (χ2v) is 8.62. The molecule has 152 valence electrons. The number of aliphatic hydroxyl groups excluding tert-OH is 1. The molecule has 0 spiro atoms. The van der Waals surface area contributed by atoms with Gasteiger partial charge in [-0.3, -0.25) is 4.55 Å². The normalized spacial score (nSPS) is 17.5. The van der Waals surface area contributed by atoms with E-state index < -0.39 is 26.9 Å². The number of hydrogen-bond acceptors (Lipinski definition) is 8. The third kappa shape index (κ3) is 3.23. The standard InChI is InChI=1S/C21H13N5O4S/c1-21(2)15-5-13(31(28,29)30)3-4-16(15)26-17(21)6-14-18(11(7-22)8-23)19(20(14)27)12(9-24)10-25/h3-6,26-27H,1-2H3,(H,28,29,30). The van der Waals surface area contributed by atoms with E-state index in [1.165, 1.54) is 24.3 Å². The molecule has 0 saturated carbocycles. The van der Waals surface area contributed by atoms with Crippen molar-refractivity contribution < 1.29 is 18.1 Å². The summed E-state index contributed by atoms with van der Waals surface area (Å²) in [6.45, 7) is 3.54. The highest BCUT2D eigenvalue weighted by Crippen LogP contribution is 2.48. The molecule has 3 N–H and O–H groups in total. The summed E-state index contributed by atoms with van der Waals surface area (Å²) in [5.74, 6) is -0.407. The van der Waals surface area contributed by atoms with Gasteiger partial charge in [-0.25, -0.2) is 0 Å². The van der Waals surface area contributed by atoms with Gasteiger partial charge in [0.2, 0.25) is 0 Å². The molecule has 1 aromatic carbocycles. The number of fused-ring (bicyclic) bond motifs is 1. The van der Waals surface area contributed by atoms with Crippen molar-refractivity contribution in [3.05, 3.63) is 69.2 Å². The molecule has 0 bridgehead atoms. The quantitative estimate of drug-likeness (QED) is 0.468. The van der Waals surface area contributed by atoms with E-state index in [4.69, 9.17) is 10.5 Å². The van der Waals surface area contributed by atoms with E-state index >= 15 is 0 Å². The lowest BCUT2D eigenvalue weighted by Crippen LogP contribution is -2.21. The zero-order valence-electron chi connectivity index (χ0n) is 16.2. The summed E-state index contributed by atoms with van der Waals surface area (Å²) in [5, 5.41) is 50.4. The number of nitrogens with zero attached hydrogens (tertiary/aromatic N) is 4. The summed E-state index contributed by atoms with van der Waals surface area (Å²) in [6.07, 6.45) is 1.47. The van der Waals surface area contributed by atoms with E-state index in [1.807, 2.05) is 0 Å². The smallest absolute Gasteiger partial charge is 0.294 e. The van der Waals surface area contributed by atoms with Crippen LogP contribution in [0.4, 0.5) is 5.69 Å². The molecule has 0 radical (unpaired) electrons. The number of rotatable bonds is 2. The Labute approximate surface area is 178 Å². The van der Waals surface area contributed by atoms with Crippen LogP contribution in [0.1, 0.15) is 19.4 Å². The first-order valence-corrected chi connectivity index (χ1v) is 10.1. The maximum Gasteiger partial charge on any atom is 0.294 e. The molecule has 10 heteroatoms. The fourth-order valence-corrected chi connectivity index (χ4v) is 3.98. The van der Waals surface area contributed by atoms with Gasteiger partial charge < -0.3 is 10.4 Å². The summed E-state index contributed by atoms with van der Waals surface area (Å²) in [5.41, 5.74) is -0.0712. The average molecular weight is 431 g/mol. The van der Waals surface area contributed by atoms with Gasteiger partial charge in [-0.05, 0) is 29.8 Å². The van der Waals surface area contributed by atoms with E-state index in [9.17, 15) is 28.6 Å². The topological polar surface area (TPSA) is 182 Å². The van der Waals surface area contributed by atoms with Crippen molar-refractivity contribution in [2.24, 2.45) is 0 Å². The van der Waals surface area contributed by atoms with Gasteiger partial charge in [-0.2, -0.15) is 29.5 Å². The van der Waals surface area contributed by atoms with Gasteiger partial charge in [0, 0.05) is 27.9 Å². The van der Waals surface area contributed by atoms with Crippen molar-refractivity contribution in [3.63, 3.8) is 0 Å². The molecule has 9 nitrogen and oxygen atoms in total. The van der Waals surface area contributed by atoms with Crippen LogP contribution in [-0.2, 0) is 15.5 Å². The van der Waals surface area contributed by atoms with Crippen LogP contribution in [0.2, 0.25) is 0 Å². The van der Waals surface area contributed by atoms with Crippen LogP contribution in [0.25, 0.3) is 0 Å². The van der Waals surface area contributed by atoms with Gasteiger partial charge >= 0.3 is 0 Å². The number of nitriles is 4. The van der Waals surface area contributed by atoms with E-state index in [-0.39, 0.29) is 27.2 Å². The molecule has 1 heterocycles. The maximum absolute atomic E-state index is 11.5. The van der Waals surface area contributed by atoms with Crippen molar-refractivity contribution in [2.45, 2.75) is 24.2 Å². The van der Waals surface area contributed by atoms with E-state index in [0.29, 0.717) is 16.9 Å². The highest BCUT2D eigenvalue weighted by molar-refractivity contribution is 7.85. The fraction of sp³-hybridized carbons (Fsp3) is 0.143. The molecule has 31 heavy (non-hydrogen) atoms. The van der Waals surface area contributed by atoms with Crippen molar-refractivity contribution >= 4 is 15.8 Å². The Hall–Kier alpha value is -4.35. The number of benzene rings is 1. The zero-order valence-corrected chi connectivity index (χ0v) is 17.0. The maximum atomic E-state index is 11.5. The zero-order chi connectivity index (χ0) is 23.1. The van der Waals surface area contributed by atoms with Crippen LogP contribution in [-0.4, -0.2) is 18.1 Å². The van der Waals surface area contributed by atoms with Crippen LogP contribution in [0.15, 0.2) is 68.5 Å². The largest absolute Gasteiger partial charge is 0.507 e. The van der Waals surface area contributed by atoms with Crippen LogP contribution >= 0.6 is 0 Å². The Morgan fingerprint density at radius 3 is 2.10 bits per heavy atom. The number of hydrogen-bond donors (Lipinski definition) is 3. The lowest BCUT2D eigenvalue weighted by atomic mass is 9.76. The molecule has 2 aliphatic rings. The molecule has 0 atom stereocenters. The molecule has 0 unspecified atom stereocenters. The Balaban J connectivity index is 2.22. The molecule has 3 rings (SSSR count). The summed E-state index contributed by atoms with van der Waals surface area (Å²) in [6, 6.07) is 10.7. The molecule has 1 aliphatic carbocycles. The average Bonchev–Trinajstić information content (AvgIpc) is 2.98. The van der Waals surface area contributed by atoms with Crippen molar-refractivity contribution in [1.29, 1.82) is 21.0 Å². The minimum atomic E-state index is -4.41. The van der Waals surface area contributed by atoms with Gasteiger partial charge in [-0.15, -0.1) is 0 Å². The first-order valence-electron chi connectivity index (χ1n) is 8.65. The minimum Gasteiger partial charge on any atom is -0.507 e. The Kier molecular flexibility index (Phi) is 4.93. The summed E-state index contributed by atoms with van der Waals surface area (Å²) >= 11 is 0. The first kappa shape index (κ1) is 21.4. The second-order valence-electron chi connectivity index (χ2n) is 7.20. The van der Waals surface area contributed by atoms with Gasteiger partial charge in [0.1, 0.15) is 41.2 Å². The van der Waals surface area contributed by atoms with Crippen molar-refractivity contribution in [3.8, 4) is 24.3 Å². The summed E-state index contributed by atoms with van der Waals surface area (Å²) < 4.78 is 32.3. The lowest BCUT2D eigenvalue weighted by molar-refractivity contribution is 0.410. The molecule has 0 aromatic heterocycles. The summed E-state index contributed by atoms with van der Waals surface area (Å²) in [4.78, 5) is -0.275. The van der Waals surface area contributed by atoms with Crippen LogP contribution in [0.3, 0.4) is 0 Å². The first-order chi connectivity index (χ1) is 14.5. The second kappa shape index (κ2) is 7.16. The minimum absolute atomic E-state index is 0.0136. The Bertz CT molecular complexity index is 1410. The van der Waals surface area contributed by atoms with Gasteiger partial charge in [0.15, 0.2) is 0 Å². The van der Waals surface area contributed by atoms with Crippen LogP contribution < -0.4 is 5.32 Å². The predicted octanol–water partition coefficient (Wildman–Crippen LogP) is 3.03. The fourth-order valence-electron chi connectivity index (χ4n) is 3.48. The summed E-state index contributed by atoms with van der Waals surface area (Å²) in [7, 11) is -4.41. The molecular weight excluding hydrogens is 418 g/mol. The number of nitrogens with one attached hydrogen (secondary N) is 1. The molecule has 1 aliphatic heterocycles. The molecule has 0 fully saturated rings. The molecular formula is C21H13N5O4S. The monoisotopic (exact) mass is 431 g/mol. The number of anilines is 1. The number of aliphatic hydroxyl groups is 1. The van der Waals surface area contributed by atoms with E-state index in [0.717, 1.165) is 0 Å². The van der Waals surface area contributed by atoms with E-state index in [1.54, 1.807) is 38.1 Å². The Morgan fingerprint density at radius 1 is 1.03 bits per heavy atom. The molecule has 1 aromatic rings. The van der Waals surface area contributed by atoms with Gasteiger partial charge in [-0.1, -0.05) is 13.8 Å². The lowest BCUT2D eigenvalue weighted by Gasteiger charge is -2.27.